The highest BCUT2D eigenvalue weighted by Crippen LogP contribution is 2.39. The van der Waals surface area contributed by atoms with Gasteiger partial charge in [-0.25, -0.2) is 0 Å². The molecule has 6 heteroatoms. The van der Waals surface area contributed by atoms with Crippen LogP contribution in [0.25, 0.3) is 0 Å². The van der Waals surface area contributed by atoms with Crippen LogP contribution in [0.3, 0.4) is 0 Å². The summed E-state index contributed by atoms with van der Waals surface area (Å²) in [4.78, 5) is 14.7. The molecule has 0 saturated carbocycles. The number of β-lactam (4-membered cyclic amide) rings is 1. The molecule has 0 spiro atoms. The van der Waals surface area contributed by atoms with Crippen LogP contribution in [0.4, 0.5) is 0 Å². The quantitative estimate of drug-likeness (QED) is 0.723. The van der Waals surface area contributed by atoms with E-state index in [2.05, 4.69) is 6.07 Å². The number of nitrogens with zero attached hydrogens (tertiary/aromatic N) is 2. The molecule has 0 N–H and O–H groups in total. The van der Waals surface area contributed by atoms with Gasteiger partial charge in [0, 0.05) is 13.2 Å². The van der Waals surface area contributed by atoms with Crippen LogP contribution in [0.1, 0.15) is 30.0 Å². The molecule has 4 rings (SSSR count). The molecule has 6 nitrogen and oxygen atoms in total. The zero-order valence-electron chi connectivity index (χ0n) is 15.7. The van der Waals surface area contributed by atoms with E-state index in [0.29, 0.717) is 17.9 Å². The monoisotopic (exact) mass is 378 g/mol. The fourth-order valence-electron chi connectivity index (χ4n) is 3.81. The third-order valence-electron chi connectivity index (χ3n) is 5.23. The number of rotatable bonds is 6. The van der Waals surface area contributed by atoms with Crippen LogP contribution in [0.5, 0.6) is 11.5 Å². The maximum Gasteiger partial charge on any atom is 0.266 e. The number of benzene rings is 2. The number of amides is 1. The Balaban J connectivity index is 1.60. The van der Waals surface area contributed by atoms with Gasteiger partial charge in [-0.1, -0.05) is 18.2 Å². The summed E-state index contributed by atoms with van der Waals surface area (Å²) < 4.78 is 17.1. The first-order valence-electron chi connectivity index (χ1n) is 9.42. The number of nitriles is 1. The van der Waals surface area contributed by atoms with Crippen molar-refractivity contribution in [3.05, 3.63) is 59.7 Å². The Morgan fingerprint density at radius 3 is 2.79 bits per heavy atom. The molecule has 2 saturated heterocycles. The lowest BCUT2D eigenvalue weighted by Gasteiger charge is -2.47. The van der Waals surface area contributed by atoms with Crippen molar-refractivity contribution in [2.75, 3.05) is 20.3 Å². The van der Waals surface area contributed by atoms with Crippen molar-refractivity contribution in [2.45, 2.75) is 31.1 Å². The van der Waals surface area contributed by atoms with E-state index in [1.54, 1.807) is 31.4 Å². The van der Waals surface area contributed by atoms with Crippen LogP contribution >= 0.6 is 0 Å². The predicted octanol–water partition coefficient (Wildman–Crippen LogP) is 3.08. The highest BCUT2D eigenvalue weighted by atomic mass is 16.5. The normalized spacial score (nSPS) is 23.8. The van der Waals surface area contributed by atoms with E-state index in [9.17, 15) is 4.79 Å². The number of likely N-dealkylation sites (tertiary alicyclic amines) is 1. The largest absolute Gasteiger partial charge is 0.497 e. The number of methoxy groups -OCH3 is 1. The summed E-state index contributed by atoms with van der Waals surface area (Å²) in [5, 5.41) is 9.10. The minimum Gasteiger partial charge on any atom is -0.497 e. The molecule has 1 amide bonds. The molecule has 2 aliphatic rings. The minimum atomic E-state index is -0.637. The number of hydrogen-bond acceptors (Lipinski definition) is 5. The molecule has 144 valence electrons. The predicted molar refractivity (Wildman–Crippen MR) is 102 cm³/mol. The van der Waals surface area contributed by atoms with Gasteiger partial charge < -0.3 is 19.1 Å². The van der Waals surface area contributed by atoms with Gasteiger partial charge in [-0.2, -0.15) is 5.26 Å². The van der Waals surface area contributed by atoms with Gasteiger partial charge in [0.1, 0.15) is 17.5 Å². The number of carbonyl (C=O) groups excluding carboxylic acids is 1. The second-order valence-corrected chi connectivity index (χ2v) is 7.03. The number of carbonyl (C=O) groups is 1. The van der Waals surface area contributed by atoms with Gasteiger partial charge in [0.05, 0.1) is 24.8 Å². The van der Waals surface area contributed by atoms with E-state index in [1.807, 2.05) is 29.2 Å². The Morgan fingerprint density at radius 1 is 1.21 bits per heavy atom. The van der Waals surface area contributed by atoms with Gasteiger partial charge in [0.25, 0.3) is 5.91 Å². The molecule has 3 atom stereocenters. The summed E-state index contributed by atoms with van der Waals surface area (Å²) in [5.41, 5.74) is 1.46. The van der Waals surface area contributed by atoms with Gasteiger partial charge in [-0.05, 0) is 48.7 Å². The molecule has 2 fully saturated rings. The molecule has 28 heavy (non-hydrogen) atoms. The van der Waals surface area contributed by atoms with Crippen molar-refractivity contribution in [3.8, 4) is 17.6 Å². The maximum absolute atomic E-state index is 12.9. The first-order chi connectivity index (χ1) is 13.7. The number of ether oxygens (including phenoxy) is 3. The molecule has 2 aromatic carbocycles. The second kappa shape index (κ2) is 7.91. The molecule has 2 aromatic rings. The molecule has 0 aromatic heterocycles. The fraction of sp³-hybridized carbons (Fsp3) is 0.364. The minimum absolute atomic E-state index is 0.0642. The van der Waals surface area contributed by atoms with Gasteiger partial charge in [-0.3, -0.25) is 4.79 Å². The summed E-state index contributed by atoms with van der Waals surface area (Å²) in [7, 11) is 1.62. The third kappa shape index (κ3) is 3.54. The Hall–Kier alpha value is -3.04. The lowest BCUT2D eigenvalue weighted by Crippen LogP contribution is -2.62. The molecule has 0 radical (unpaired) electrons. The highest BCUT2D eigenvalue weighted by molar-refractivity contribution is 5.89. The number of hydrogen-bond donors (Lipinski definition) is 0. The lowest BCUT2D eigenvalue weighted by atomic mass is 9.89. The summed E-state index contributed by atoms with van der Waals surface area (Å²) >= 11 is 0. The molecule has 0 unspecified atom stereocenters. The van der Waals surface area contributed by atoms with Crippen LogP contribution in [0.15, 0.2) is 48.5 Å². The molecular weight excluding hydrogens is 356 g/mol. The molecule has 2 aliphatic heterocycles. The standard InChI is InChI=1S/C22H22N2O4/c1-26-17-7-3-6-16(12-17)20-21(28-18-8-2-5-15(11-18)13-23)22(25)24(20)14-19-9-4-10-27-19/h2-3,5-8,11-12,19-21H,4,9-10,14H2,1H3/t19-,20+,21-/m0/s1. The van der Waals surface area contributed by atoms with E-state index in [1.165, 1.54) is 0 Å². The molecule has 0 aliphatic carbocycles. The van der Waals surface area contributed by atoms with Gasteiger partial charge in [0.2, 0.25) is 6.10 Å². The van der Waals surface area contributed by atoms with Gasteiger partial charge in [-0.15, -0.1) is 0 Å². The highest BCUT2D eigenvalue weighted by Gasteiger charge is 2.51. The second-order valence-electron chi connectivity index (χ2n) is 7.03. The van der Waals surface area contributed by atoms with E-state index in [-0.39, 0.29) is 18.1 Å². The summed E-state index contributed by atoms with van der Waals surface area (Å²) in [6, 6.07) is 16.4. The Kier molecular flexibility index (Phi) is 5.18. The molecular formula is C22H22N2O4. The van der Waals surface area contributed by atoms with Crippen molar-refractivity contribution in [1.82, 2.24) is 4.90 Å². The Morgan fingerprint density at radius 2 is 2.04 bits per heavy atom. The Labute approximate surface area is 164 Å². The Bertz CT molecular complexity index is 901. The topological polar surface area (TPSA) is 71.8 Å². The summed E-state index contributed by atoms with van der Waals surface area (Å²) in [6.45, 7) is 1.30. The van der Waals surface area contributed by atoms with Crippen LogP contribution in [-0.2, 0) is 9.53 Å². The van der Waals surface area contributed by atoms with E-state index in [4.69, 9.17) is 19.5 Å². The average Bonchev–Trinajstić information content (AvgIpc) is 3.26. The SMILES string of the molecule is COc1cccc([C@@H]2[C@H](Oc3cccc(C#N)c3)C(=O)N2C[C@@H]2CCCO2)c1. The lowest BCUT2D eigenvalue weighted by molar-refractivity contribution is -0.167. The summed E-state index contributed by atoms with van der Waals surface area (Å²) in [5.74, 6) is 1.19. The van der Waals surface area contributed by atoms with Gasteiger partial charge >= 0.3 is 0 Å². The van der Waals surface area contributed by atoms with Crippen molar-refractivity contribution >= 4 is 5.91 Å². The van der Waals surface area contributed by atoms with Crippen LogP contribution in [0, 0.1) is 11.3 Å². The first-order valence-corrected chi connectivity index (χ1v) is 9.42. The first kappa shape index (κ1) is 18.3. The smallest absolute Gasteiger partial charge is 0.266 e. The zero-order chi connectivity index (χ0) is 19.5. The van der Waals surface area contributed by atoms with Crippen LogP contribution in [-0.4, -0.2) is 43.3 Å². The van der Waals surface area contributed by atoms with Gasteiger partial charge in [0.15, 0.2) is 0 Å². The van der Waals surface area contributed by atoms with Crippen molar-refractivity contribution < 1.29 is 19.0 Å². The van der Waals surface area contributed by atoms with E-state index < -0.39 is 6.10 Å². The van der Waals surface area contributed by atoms with Crippen molar-refractivity contribution in [3.63, 3.8) is 0 Å². The van der Waals surface area contributed by atoms with Crippen LogP contribution in [0.2, 0.25) is 0 Å². The average molecular weight is 378 g/mol. The molecule has 2 heterocycles. The molecule has 0 bridgehead atoms. The third-order valence-corrected chi connectivity index (χ3v) is 5.23. The fourth-order valence-corrected chi connectivity index (χ4v) is 3.81. The van der Waals surface area contributed by atoms with Crippen molar-refractivity contribution in [2.24, 2.45) is 0 Å². The van der Waals surface area contributed by atoms with Crippen molar-refractivity contribution in [1.29, 1.82) is 5.26 Å². The maximum atomic E-state index is 12.9. The van der Waals surface area contributed by atoms with Crippen LogP contribution < -0.4 is 9.47 Å². The zero-order valence-corrected chi connectivity index (χ0v) is 15.7. The van der Waals surface area contributed by atoms with E-state index >= 15 is 0 Å². The van der Waals surface area contributed by atoms with E-state index in [0.717, 1.165) is 30.8 Å². The summed E-state index contributed by atoms with van der Waals surface area (Å²) in [6.07, 6.45) is 1.42.